The molecule has 0 aromatic rings. The van der Waals surface area contributed by atoms with Crippen LogP contribution in [0.4, 0.5) is 12.9 Å². The van der Waals surface area contributed by atoms with E-state index >= 15 is 0 Å². The zero-order valence-corrected chi connectivity index (χ0v) is 5.83. The molecule has 0 saturated heterocycles. The van der Waals surface area contributed by atoms with E-state index in [2.05, 4.69) is 0 Å². The summed E-state index contributed by atoms with van der Waals surface area (Å²) in [6.45, 7) is 0. The van der Waals surface area contributed by atoms with Crippen LogP contribution in [0.1, 0.15) is 0 Å². The number of rotatable bonds is 0. The number of halogens is 3. The van der Waals surface area contributed by atoms with E-state index in [4.69, 9.17) is 0 Å². The van der Waals surface area contributed by atoms with Crippen molar-refractivity contribution >= 4 is 7.54 Å². The van der Waals surface area contributed by atoms with E-state index in [1.165, 1.54) is 0 Å². The zero-order valence-electron chi connectivity index (χ0n) is 2.71. The minimum atomic E-state index is -3.67. The summed E-state index contributed by atoms with van der Waals surface area (Å²) in [5.74, 6) is 0. The van der Waals surface area contributed by atoms with Crippen LogP contribution in [-0.4, -0.2) is 7.54 Å². The third-order valence-corrected chi connectivity index (χ3v) is 0. The van der Waals surface area contributed by atoms with E-state index < -0.39 is 7.54 Å². The first-order valence-electron chi connectivity index (χ1n) is 0.655. The summed E-state index contributed by atoms with van der Waals surface area (Å²) in [6.07, 6.45) is 0. The van der Waals surface area contributed by atoms with Crippen molar-refractivity contribution in [3.63, 3.8) is 0 Å². The monoisotopic (exact) mass is 107 g/mol. The van der Waals surface area contributed by atoms with E-state index in [9.17, 15) is 12.9 Å². The Bertz CT molecular complexity index is 11.6. The average Bonchev–Trinajstić information content (AvgIpc) is 0.811. The molecular formula is BF3K. The molecule has 0 bridgehead atoms. The summed E-state index contributed by atoms with van der Waals surface area (Å²) in [4.78, 5) is 0. The van der Waals surface area contributed by atoms with Gasteiger partial charge in [-0.3, -0.25) is 0 Å². The molecule has 1 radical (unpaired) electrons. The molecule has 0 amide bonds. The van der Waals surface area contributed by atoms with Crippen LogP contribution in [-0.2, 0) is 0 Å². The van der Waals surface area contributed by atoms with Gasteiger partial charge >= 0.3 is 58.9 Å². The van der Waals surface area contributed by atoms with Crippen molar-refractivity contribution in [2.24, 2.45) is 0 Å². The van der Waals surface area contributed by atoms with Gasteiger partial charge in [-0.15, -0.1) is 0 Å². The van der Waals surface area contributed by atoms with E-state index in [0.717, 1.165) is 0 Å². The molecule has 0 unspecified atom stereocenters. The summed E-state index contributed by atoms with van der Waals surface area (Å²) in [6, 6.07) is 0. The summed E-state index contributed by atoms with van der Waals surface area (Å²) < 4.78 is 29.0. The average molecular weight is 107 g/mol. The Kier molecular flexibility index (Phi) is 10.7. The maximum Gasteiger partial charge on any atom is 1.00 e. The van der Waals surface area contributed by atoms with Gasteiger partial charge in [-0.05, 0) is 0 Å². The molecule has 0 nitrogen and oxygen atoms in total. The second kappa shape index (κ2) is 5.49. The molecule has 0 saturated carbocycles. The smallest absolute Gasteiger partial charge is 0.471 e. The molecule has 0 aromatic carbocycles. The molecule has 5 heavy (non-hydrogen) atoms. The fraction of sp³-hybridized carbons (Fsp3) is 0. The third kappa shape index (κ3) is 30.1. The van der Waals surface area contributed by atoms with Gasteiger partial charge < -0.3 is 12.9 Å². The fourth-order valence-corrected chi connectivity index (χ4v) is 0. The third-order valence-electron chi connectivity index (χ3n) is 0. The van der Waals surface area contributed by atoms with Gasteiger partial charge in [-0.25, -0.2) is 0 Å². The first-order valence-corrected chi connectivity index (χ1v) is 0.655. The van der Waals surface area contributed by atoms with Crippen LogP contribution >= 0.6 is 0 Å². The van der Waals surface area contributed by atoms with Crippen LogP contribution in [0.15, 0.2) is 0 Å². The van der Waals surface area contributed by atoms with Crippen LogP contribution in [0, 0.1) is 0 Å². The topological polar surface area (TPSA) is 0 Å². The van der Waals surface area contributed by atoms with E-state index in [1.807, 2.05) is 0 Å². The zero-order chi connectivity index (χ0) is 3.58. The molecule has 0 spiro atoms. The molecule has 0 aliphatic heterocycles. The summed E-state index contributed by atoms with van der Waals surface area (Å²) in [5, 5.41) is 0. The molecule has 0 aromatic heterocycles. The van der Waals surface area contributed by atoms with Gasteiger partial charge in [0.25, 0.3) is 0 Å². The number of hydrogen-bond donors (Lipinski definition) is 0. The van der Waals surface area contributed by atoms with Gasteiger partial charge in [0.05, 0.1) is 0 Å². The van der Waals surface area contributed by atoms with Crippen LogP contribution in [0.3, 0.4) is 0 Å². The second-order valence-electron chi connectivity index (χ2n) is 0.247. The minimum absolute atomic E-state index is 0. The molecule has 0 heterocycles. The van der Waals surface area contributed by atoms with Crippen molar-refractivity contribution in [3.8, 4) is 0 Å². The molecule has 0 fully saturated rings. The Morgan fingerprint density at radius 3 is 1.00 bits per heavy atom. The molecule has 0 atom stereocenters. The quantitative estimate of drug-likeness (QED) is 0.310. The van der Waals surface area contributed by atoms with Gasteiger partial charge in [0.2, 0.25) is 0 Å². The summed E-state index contributed by atoms with van der Waals surface area (Å²) >= 11 is 0. The molecule has 0 N–H and O–H groups in total. The van der Waals surface area contributed by atoms with Crippen LogP contribution in [0.25, 0.3) is 0 Å². The van der Waals surface area contributed by atoms with Crippen LogP contribution < -0.4 is 51.4 Å². The van der Waals surface area contributed by atoms with E-state index in [0.29, 0.717) is 0 Å². The van der Waals surface area contributed by atoms with Crippen molar-refractivity contribution in [1.29, 1.82) is 0 Å². The predicted molar refractivity (Wildman–Crippen MR) is 9.08 cm³/mol. The Balaban J connectivity index is 0. The Morgan fingerprint density at radius 1 is 1.00 bits per heavy atom. The van der Waals surface area contributed by atoms with Gasteiger partial charge in [0, 0.05) is 0 Å². The predicted octanol–water partition coefficient (Wildman–Crippen LogP) is -2.12. The van der Waals surface area contributed by atoms with Gasteiger partial charge in [-0.2, -0.15) is 0 Å². The van der Waals surface area contributed by atoms with Crippen molar-refractivity contribution in [2.75, 3.05) is 0 Å². The summed E-state index contributed by atoms with van der Waals surface area (Å²) in [7, 11) is -3.67. The van der Waals surface area contributed by atoms with Gasteiger partial charge in [0.1, 0.15) is 0 Å². The van der Waals surface area contributed by atoms with Crippen LogP contribution in [0.5, 0.6) is 0 Å². The molecule has 0 aliphatic carbocycles. The van der Waals surface area contributed by atoms with Gasteiger partial charge in [0.15, 0.2) is 0 Å². The minimum Gasteiger partial charge on any atom is -0.471 e. The van der Waals surface area contributed by atoms with E-state index in [-0.39, 0.29) is 51.4 Å². The van der Waals surface area contributed by atoms with Crippen molar-refractivity contribution in [1.82, 2.24) is 0 Å². The first-order chi connectivity index (χ1) is 1.73. The molecular weight excluding hydrogens is 107 g/mol. The Labute approximate surface area is 70.8 Å². The largest absolute Gasteiger partial charge is 1.00 e. The molecule has 0 aliphatic rings. The fourth-order valence-electron chi connectivity index (χ4n) is 0. The maximum atomic E-state index is 9.67. The normalized spacial score (nSPS) is 7.20. The standard InChI is InChI=1S/BF3.K/c2-1(3)4;/q-1;+1. The Morgan fingerprint density at radius 2 is 1.00 bits per heavy atom. The first kappa shape index (κ1) is 9.70. The SMILES string of the molecule is F[B-](F)F.[K+]. The van der Waals surface area contributed by atoms with Crippen molar-refractivity contribution in [2.45, 2.75) is 0 Å². The molecule has 5 heteroatoms. The van der Waals surface area contributed by atoms with E-state index in [1.54, 1.807) is 0 Å². The summed E-state index contributed by atoms with van der Waals surface area (Å²) in [5.41, 5.74) is 0. The molecule has 25 valence electrons. The maximum absolute atomic E-state index is 9.67. The van der Waals surface area contributed by atoms with Gasteiger partial charge in [-0.1, -0.05) is 0 Å². The Hall–Kier alpha value is 1.49. The second-order valence-corrected chi connectivity index (χ2v) is 0.247. The van der Waals surface area contributed by atoms with Crippen molar-refractivity contribution in [3.05, 3.63) is 0 Å². The molecule has 0 rings (SSSR count). The number of hydrogen-bond acceptors (Lipinski definition) is 0. The van der Waals surface area contributed by atoms with Crippen molar-refractivity contribution < 1.29 is 64.3 Å². The van der Waals surface area contributed by atoms with Crippen LogP contribution in [0.2, 0.25) is 0 Å².